The lowest BCUT2D eigenvalue weighted by Gasteiger charge is -2.21. The maximum absolute atomic E-state index is 12.5. The van der Waals surface area contributed by atoms with E-state index in [0.29, 0.717) is 44.0 Å². The Kier molecular flexibility index (Phi) is 5.52. The van der Waals surface area contributed by atoms with E-state index in [1.54, 1.807) is 35.3 Å². The third-order valence-electron chi connectivity index (χ3n) is 4.09. The zero-order valence-corrected chi connectivity index (χ0v) is 15.2. The van der Waals surface area contributed by atoms with Gasteiger partial charge in [-0.05, 0) is 25.0 Å². The summed E-state index contributed by atoms with van der Waals surface area (Å²) in [4.78, 5) is 16.3. The van der Waals surface area contributed by atoms with Gasteiger partial charge in [-0.1, -0.05) is 6.07 Å². The molecule has 0 radical (unpaired) electrons. The van der Waals surface area contributed by atoms with Crippen molar-refractivity contribution in [2.45, 2.75) is 25.4 Å². The molecule has 1 aliphatic heterocycles. The normalized spacial score (nSPS) is 18.0. The fourth-order valence-corrected chi connectivity index (χ4v) is 4.02. The highest BCUT2D eigenvalue weighted by molar-refractivity contribution is 7.88. The number of nitrogens with zero attached hydrogens (tertiary/aromatic N) is 4. The summed E-state index contributed by atoms with van der Waals surface area (Å²) in [5, 5.41) is 6.77. The predicted octanol–water partition coefficient (Wildman–Crippen LogP) is 0.720. The molecule has 1 aromatic heterocycles. The molecule has 1 amide bonds. The number of rotatable bonds is 7. The van der Waals surface area contributed by atoms with Crippen molar-refractivity contribution in [1.82, 2.24) is 19.1 Å². The third-order valence-corrected chi connectivity index (χ3v) is 5.38. The SMILES string of the molecule is CS(=O)(=O)N1CCCC1C(=O)Nc1cccc(OCCn2cncn2)c1. The molecule has 2 heterocycles. The zero-order valence-electron chi connectivity index (χ0n) is 14.4. The Balaban J connectivity index is 1.58. The summed E-state index contributed by atoms with van der Waals surface area (Å²) < 4.78 is 32.1. The van der Waals surface area contributed by atoms with E-state index in [1.165, 1.54) is 10.6 Å². The average Bonchev–Trinajstić information content (AvgIpc) is 3.26. The first kappa shape index (κ1) is 18.3. The Morgan fingerprint density at radius 3 is 3.00 bits per heavy atom. The number of nitrogens with one attached hydrogen (secondary N) is 1. The fraction of sp³-hybridized carbons (Fsp3) is 0.438. The molecule has 10 heteroatoms. The standard InChI is InChI=1S/C16H21N5O4S/c1-26(23,24)21-7-3-6-15(21)16(22)19-13-4-2-5-14(10-13)25-9-8-20-12-17-11-18-20/h2,4-5,10-12,15H,3,6-9H2,1H3,(H,19,22). The van der Waals surface area contributed by atoms with Crippen LogP contribution in [0.25, 0.3) is 0 Å². The number of ether oxygens (including phenoxy) is 1. The summed E-state index contributed by atoms with van der Waals surface area (Å²) in [6.07, 6.45) is 5.39. The number of sulfonamides is 1. The van der Waals surface area contributed by atoms with Gasteiger partial charge >= 0.3 is 0 Å². The lowest BCUT2D eigenvalue weighted by Crippen LogP contribution is -2.42. The first-order valence-electron chi connectivity index (χ1n) is 8.26. The van der Waals surface area contributed by atoms with Crippen LogP contribution in [0.3, 0.4) is 0 Å². The maximum atomic E-state index is 12.5. The van der Waals surface area contributed by atoms with Gasteiger partial charge in [-0.2, -0.15) is 9.40 Å². The number of carbonyl (C=O) groups excluding carboxylic acids is 1. The molecule has 140 valence electrons. The number of amides is 1. The molecular weight excluding hydrogens is 358 g/mol. The Morgan fingerprint density at radius 2 is 2.27 bits per heavy atom. The van der Waals surface area contributed by atoms with Crippen molar-refractivity contribution >= 4 is 21.6 Å². The summed E-state index contributed by atoms with van der Waals surface area (Å²) in [6, 6.07) is 6.33. The van der Waals surface area contributed by atoms with E-state index in [4.69, 9.17) is 4.74 Å². The van der Waals surface area contributed by atoms with E-state index in [0.717, 1.165) is 6.26 Å². The summed E-state index contributed by atoms with van der Waals surface area (Å²) in [6.45, 7) is 1.34. The highest BCUT2D eigenvalue weighted by Gasteiger charge is 2.36. The van der Waals surface area contributed by atoms with Crippen molar-refractivity contribution in [2.24, 2.45) is 0 Å². The molecule has 1 saturated heterocycles. The third kappa shape index (κ3) is 4.58. The molecule has 1 atom stereocenters. The average molecular weight is 379 g/mol. The van der Waals surface area contributed by atoms with Crippen LogP contribution in [-0.4, -0.2) is 58.8 Å². The van der Waals surface area contributed by atoms with Gasteiger partial charge in [0.15, 0.2) is 0 Å². The molecule has 1 fully saturated rings. The summed E-state index contributed by atoms with van der Waals surface area (Å²) in [5.74, 6) is 0.280. The molecule has 26 heavy (non-hydrogen) atoms. The number of hydrogen-bond donors (Lipinski definition) is 1. The second-order valence-corrected chi connectivity index (χ2v) is 7.99. The number of anilines is 1. The largest absolute Gasteiger partial charge is 0.492 e. The van der Waals surface area contributed by atoms with Gasteiger partial charge < -0.3 is 10.1 Å². The van der Waals surface area contributed by atoms with Crippen LogP contribution in [0.2, 0.25) is 0 Å². The Bertz CT molecular complexity index is 853. The highest BCUT2D eigenvalue weighted by atomic mass is 32.2. The van der Waals surface area contributed by atoms with Crippen LogP contribution in [0, 0.1) is 0 Å². The van der Waals surface area contributed by atoms with Crippen molar-refractivity contribution in [3.63, 3.8) is 0 Å². The summed E-state index contributed by atoms with van der Waals surface area (Å²) in [5.41, 5.74) is 0.564. The quantitative estimate of drug-likeness (QED) is 0.760. The predicted molar refractivity (Wildman–Crippen MR) is 95.2 cm³/mol. The summed E-state index contributed by atoms with van der Waals surface area (Å²) >= 11 is 0. The number of benzene rings is 1. The van der Waals surface area contributed by atoms with E-state index in [1.807, 2.05) is 0 Å². The van der Waals surface area contributed by atoms with Crippen LogP contribution in [0.1, 0.15) is 12.8 Å². The van der Waals surface area contributed by atoms with Gasteiger partial charge in [0.05, 0.1) is 12.8 Å². The molecule has 2 aromatic rings. The van der Waals surface area contributed by atoms with Crippen molar-refractivity contribution in [2.75, 3.05) is 24.7 Å². The maximum Gasteiger partial charge on any atom is 0.242 e. The van der Waals surface area contributed by atoms with Crippen LogP contribution >= 0.6 is 0 Å². The topological polar surface area (TPSA) is 106 Å². The van der Waals surface area contributed by atoms with E-state index >= 15 is 0 Å². The minimum Gasteiger partial charge on any atom is -0.492 e. The van der Waals surface area contributed by atoms with Gasteiger partial charge in [0, 0.05) is 18.3 Å². The number of aromatic nitrogens is 3. The smallest absolute Gasteiger partial charge is 0.242 e. The van der Waals surface area contributed by atoms with Crippen molar-refractivity contribution in [1.29, 1.82) is 0 Å². The molecule has 1 aromatic carbocycles. The molecule has 0 aliphatic carbocycles. The van der Waals surface area contributed by atoms with Gasteiger partial charge in [0.1, 0.15) is 31.1 Å². The van der Waals surface area contributed by atoms with Crippen LogP contribution in [0.5, 0.6) is 5.75 Å². The van der Waals surface area contributed by atoms with Crippen molar-refractivity contribution in [3.05, 3.63) is 36.9 Å². The highest BCUT2D eigenvalue weighted by Crippen LogP contribution is 2.23. The molecule has 1 N–H and O–H groups in total. The van der Waals surface area contributed by atoms with E-state index < -0.39 is 16.1 Å². The molecule has 0 saturated carbocycles. The van der Waals surface area contributed by atoms with Crippen LogP contribution in [0.15, 0.2) is 36.9 Å². The number of carbonyl (C=O) groups is 1. The molecule has 0 bridgehead atoms. The van der Waals surface area contributed by atoms with Gasteiger partial charge in [-0.3, -0.25) is 4.79 Å². The Morgan fingerprint density at radius 1 is 1.42 bits per heavy atom. The fourth-order valence-electron chi connectivity index (χ4n) is 2.89. The Labute approximate surface area is 152 Å². The zero-order chi connectivity index (χ0) is 18.6. The molecule has 3 rings (SSSR count). The lowest BCUT2D eigenvalue weighted by molar-refractivity contribution is -0.119. The molecular formula is C16H21N5O4S. The van der Waals surface area contributed by atoms with Crippen LogP contribution in [-0.2, 0) is 21.4 Å². The molecule has 0 spiro atoms. The summed E-state index contributed by atoms with van der Waals surface area (Å²) in [7, 11) is -3.40. The first-order chi connectivity index (χ1) is 12.4. The lowest BCUT2D eigenvalue weighted by atomic mass is 10.2. The minimum absolute atomic E-state index is 0.326. The van der Waals surface area contributed by atoms with Gasteiger partial charge in [-0.25, -0.2) is 18.1 Å². The van der Waals surface area contributed by atoms with Crippen LogP contribution < -0.4 is 10.1 Å². The second-order valence-electron chi connectivity index (χ2n) is 6.06. The van der Waals surface area contributed by atoms with Crippen molar-refractivity contribution < 1.29 is 17.9 Å². The van der Waals surface area contributed by atoms with Gasteiger partial charge in [0.25, 0.3) is 0 Å². The van der Waals surface area contributed by atoms with E-state index in [2.05, 4.69) is 15.4 Å². The Hall–Kier alpha value is -2.46. The van der Waals surface area contributed by atoms with E-state index in [-0.39, 0.29) is 5.91 Å². The van der Waals surface area contributed by atoms with Gasteiger partial charge in [0.2, 0.25) is 15.9 Å². The number of hydrogen-bond acceptors (Lipinski definition) is 6. The molecule has 9 nitrogen and oxygen atoms in total. The minimum atomic E-state index is -3.40. The van der Waals surface area contributed by atoms with E-state index in [9.17, 15) is 13.2 Å². The van der Waals surface area contributed by atoms with Crippen molar-refractivity contribution in [3.8, 4) is 5.75 Å². The first-order valence-corrected chi connectivity index (χ1v) is 10.1. The monoisotopic (exact) mass is 379 g/mol. The molecule has 1 aliphatic rings. The molecule has 1 unspecified atom stereocenters. The van der Waals surface area contributed by atoms with Crippen LogP contribution in [0.4, 0.5) is 5.69 Å². The van der Waals surface area contributed by atoms with Gasteiger partial charge in [-0.15, -0.1) is 0 Å². The second kappa shape index (κ2) is 7.83.